The van der Waals surface area contributed by atoms with Crippen LogP contribution in [0.1, 0.15) is 5.56 Å². The zero-order valence-electron chi connectivity index (χ0n) is 7.03. The van der Waals surface area contributed by atoms with E-state index in [4.69, 9.17) is 9.84 Å². The van der Waals surface area contributed by atoms with Crippen molar-refractivity contribution in [3.63, 3.8) is 0 Å². The molecule has 70 valence electrons. The van der Waals surface area contributed by atoms with E-state index in [9.17, 15) is 0 Å². The van der Waals surface area contributed by atoms with Crippen molar-refractivity contribution in [3.05, 3.63) is 35.0 Å². The summed E-state index contributed by atoms with van der Waals surface area (Å²) in [6.07, 6.45) is 3.25. The van der Waals surface area contributed by atoms with Crippen molar-refractivity contribution in [3.8, 4) is 5.88 Å². The van der Waals surface area contributed by atoms with E-state index in [1.54, 1.807) is 18.3 Å². The molecule has 0 radical (unpaired) electrons. The van der Waals surface area contributed by atoms with Gasteiger partial charge in [0, 0.05) is 16.2 Å². The predicted molar refractivity (Wildman–Crippen MR) is 53.6 cm³/mol. The number of ether oxygens (including phenoxy) is 1. The minimum atomic E-state index is -0.0844. The van der Waals surface area contributed by atoms with Gasteiger partial charge in [-0.15, -0.1) is 0 Å². The molecule has 4 heteroatoms. The van der Waals surface area contributed by atoms with E-state index in [2.05, 4.69) is 27.5 Å². The maximum absolute atomic E-state index is 8.98. The van der Waals surface area contributed by atoms with E-state index < -0.39 is 0 Å². The van der Waals surface area contributed by atoms with Gasteiger partial charge in [-0.25, -0.2) is 4.98 Å². The number of aliphatic hydroxyl groups excluding tert-OH is 1. The topological polar surface area (TPSA) is 42.4 Å². The Labute approximate surface area is 85.2 Å². The summed E-state index contributed by atoms with van der Waals surface area (Å²) in [5.74, 6) is 0.450. The number of pyridine rings is 1. The van der Waals surface area contributed by atoms with Gasteiger partial charge in [0.1, 0.15) is 6.61 Å². The molecule has 0 atom stereocenters. The fourth-order valence-electron chi connectivity index (χ4n) is 0.850. The second kappa shape index (κ2) is 4.99. The molecule has 0 bridgehead atoms. The molecule has 0 aromatic carbocycles. The minimum Gasteiger partial charge on any atom is -0.473 e. The highest BCUT2D eigenvalue weighted by molar-refractivity contribution is 9.10. The molecule has 0 aliphatic heterocycles. The van der Waals surface area contributed by atoms with Gasteiger partial charge in [0.15, 0.2) is 0 Å². The molecule has 0 saturated carbocycles. The summed E-state index contributed by atoms with van der Waals surface area (Å²) in [4.78, 5) is 4.01. The van der Waals surface area contributed by atoms with E-state index in [0.717, 1.165) is 4.47 Å². The first kappa shape index (κ1) is 10.2. The lowest BCUT2D eigenvalue weighted by molar-refractivity contribution is 0.266. The van der Waals surface area contributed by atoms with Crippen molar-refractivity contribution >= 4 is 15.9 Å². The Morgan fingerprint density at radius 3 is 3.08 bits per heavy atom. The molecule has 0 aliphatic carbocycles. The second-order valence-electron chi connectivity index (χ2n) is 2.38. The Balaban J connectivity index is 2.85. The van der Waals surface area contributed by atoms with Crippen molar-refractivity contribution < 1.29 is 9.84 Å². The minimum absolute atomic E-state index is 0.0844. The number of rotatable bonds is 4. The van der Waals surface area contributed by atoms with Gasteiger partial charge in [-0.2, -0.15) is 0 Å². The van der Waals surface area contributed by atoms with Gasteiger partial charge >= 0.3 is 0 Å². The van der Waals surface area contributed by atoms with Crippen LogP contribution in [0.3, 0.4) is 0 Å². The van der Waals surface area contributed by atoms with Crippen LogP contribution in [0.5, 0.6) is 5.88 Å². The van der Waals surface area contributed by atoms with Crippen molar-refractivity contribution in [2.24, 2.45) is 0 Å². The SMILES string of the molecule is C=CCOc1ncc(Br)cc1CO. The third-order valence-corrected chi connectivity index (χ3v) is 1.83. The van der Waals surface area contributed by atoms with Crippen LogP contribution in [0.2, 0.25) is 0 Å². The molecule has 3 nitrogen and oxygen atoms in total. The molecule has 0 amide bonds. The van der Waals surface area contributed by atoms with Crippen molar-refractivity contribution in [1.82, 2.24) is 4.98 Å². The van der Waals surface area contributed by atoms with Crippen LogP contribution in [0.4, 0.5) is 0 Å². The van der Waals surface area contributed by atoms with Crippen LogP contribution in [-0.2, 0) is 6.61 Å². The number of aromatic nitrogens is 1. The quantitative estimate of drug-likeness (QED) is 0.822. The molecular formula is C9H10BrNO2. The molecule has 1 heterocycles. The van der Waals surface area contributed by atoms with E-state index >= 15 is 0 Å². The van der Waals surface area contributed by atoms with Gasteiger partial charge in [0.05, 0.1) is 6.61 Å². The average molecular weight is 244 g/mol. The molecule has 0 saturated heterocycles. The van der Waals surface area contributed by atoms with E-state index in [1.807, 2.05) is 0 Å². The summed E-state index contributed by atoms with van der Waals surface area (Å²) in [5.41, 5.74) is 0.663. The number of hydrogen-bond acceptors (Lipinski definition) is 3. The average Bonchev–Trinajstić information content (AvgIpc) is 2.16. The van der Waals surface area contributed by atoms with Gasteiger partial charge in [-0.05, 0) is 22.0 Å². The smallest absolute Gasteiger partial charge is 0.219 e. The number of nitrogens with zero attached hydrogens (tertiary/aromatic N) is 1. The monoisotopic (exact) mass is 243 g/mol. The Kier molecular flexibility index (Phi) is 3.92. The number of halogens is 1. The standard InChI is InChI=1S/C9H10BrNO2/c1-2-3-13-9-7(6-12)4-8(10)5-11-9/h2,4-5,12H,1,3,6H2. The Bertz CT molecular complexity index is 302. The van der Waals surface area contributed by atoms with Crippen LogP contribution in [0.25, 0.3) is 0 Å². The normalized spacial score (nSPS) is 9.69. The van der Waals surface area contributed by atoms with Crippen LogP contribution < -0.4 is 4.74 Å². The van der Waals surface area contributed by atoms with Crippen molar-refractivity contribution in [2.75, 3.05) is 6.61 Å². The molecule has 0 aliphatic rings. The fourth-order valence-corrected chi connectivity index (χ4v) is 1.23. The van der Waals surface area contributed by atoms with Gasteiger partial charge in [-0.1, -0.05) is 12.7 Å². The maximum Gasteiger partial charge on any atom is 0.219 e. The zero-order chi connectivity index (χ0) is 9.68. The lowest BCUT2D eigenvalue weighted by Crippen LogP contribution is -1.99. The summed E-state index contributed by atoms with van der Waals surface area (Å²) in [5, 5.41) is 8.98. The predicted octanol–water partition coefficient (Wildman–Crippen LogP) is 1.90. The second-order valence-corrected chi connectivity index (χ2v) is 3.29. The molecule has 1 N–H and O–H groups in total. The van der Waals surface area contributed by atoms with Crippen LogP contribution in [-0.4, -0.2) is 16.7 Å². The molecular weight excluding hydrogens is 234 g/mol. The van der Waals surface area contributed by atoms with Crippen molar-refractivity contribution in [2.45, 2.75) is 6.61 Å². The Morgan fingerprint density at radius 1 is 1.69 bits per heavy atom. The molecule has 1 rings (SSSR count). The highest BCUT2D eigenvalue weighted by Gasteiger charge is 2.03. The summed E-state index contributed by atoms with van der Waals surface area (Å²) in [6.45, 7) is 3.83. The molecule has 1 aromatic heterocycles. The van der Waals surface area contributed by atoms with Crippen molar-refractivity contribution in [1.29, 1.82) is 0 Å². The van der Waals surface area contributed by atoms with Gasteiger partial charge in [0.2, 0.25) is 5.88 Å². The first-order chi connectivity index (χ1) is 6.27. The third-order valence-electron chi connectivity index (χ3n) is 1.40. The van der Waals surface area contributed by atoms with Crippen LogP contribution >= 0.6 is 15.9 Å². The fraction of sp³-hybridized carbons (Fsp3) is 0.222. The molecule has 0 fully saturated rings. The summed E-state index contributed by atoms with van der Waals surface area (Å²) < 4.78 is 6.04. The van der Waals surface area contributed by atoms with Crippen LogP contribution in [0, 0.1) is 0 Å². The highest BCUT2D eigenvalue weighted by Crippen LogP contribution is 2.19. The lowest BCUT2D eigenvalue weighted by Gasteiger charge is -2.06. The molecule has 0 unspecified atom stereocenters. The largest absolute Gasteiger partial charge is 0.473 e. The Hall–Kier alpha value is -0.870. The first-order valence-electron chi connectivity index (χ1n) is 3.77. The third kappa shape index (κ3) is 2.82. The van der Waals surface area contributed by atoms with Gasteiger partial charge in [-0.3, -0.25) is 0 Å². The van der Waals surface area contributed by atoms with E-state index in [1.165, 1.54) is 0 Å². The van der Waals surface area contributed by atoms with Gasteiger partial charge < -0.3 is 9.84 Å². The highest BCUT2D eigenvalue weighted by atomic mass is 79.9. The Morgan fingerprint density at radius 2 is 2.46 bits per heavy atom. The van der Waals surface area contributed by atoms with Crippen LogP contribution in [0.15, 0.2) is 29.4 Å². The molecule has 13 heavy (non-hydrogen) atoms. The maximum atomic E-state index is 8.98. The summed E-state index contributed by atoms with van der Waals surface area (Å²) >= 11 is 3.26. The molecule has 1 aromatic rings. The van der Waals surface area contributed by atoms with E-state index in [-0.39, 0.29) is 6.61 Å². The van der Waals surface area contributed by atoms with E-state index in [0.29, 0.717) is 18.1 Å². The molecule has 0 spiro atoms. The number of aliphatic hydroxyl groups is 1. The van der Waals surface area contributed by atoms with Gasteiger partial charge in [0.25, 0.3) is 0 Å². The first-order valence-corrected chi connectivity index (χ1v) is 4.56. The zero-order valence-corrected chi connectivity index (χ0v) is 8.62. The summed E-state index contributed by atoms with van der Waals surface area (Å²) in [7, 11) is 0. The lowest BCUT2D eigenvalue weighted by atomic mass is 10.3. The summed E-state index contributed by atoms with van der Waals surface area (Å²) in [6, 6.07) is 1.77. The number of hydrogen-bond donors (Lipinski definition) is 1.